The van der Waals surface area contributed by atoms with Gasteiger partial charge in [-0.1, -0.05) is 25.4 Å². The average Bonchev–Trinajstić information content (AvgIpc) is 2.60. The molecule has 3 heteroatoms. The number of hydrogen-bond acceptors (Lipinski definition) is 2. The summed E-state index contributed by atoms with van der Waals surface area (Å²) in [6.07, 6.45) is 3.04. The van der Waals surface area contributed by atoms with Crippen molar-refractivity contribution in [1.29, 1.82) is 0 Å². The molecule has 1 unspecified atom stereocenters. The Morgan fingerprint density at radius 3 is 2.50 bits per heavy atom. The molecule has 1 aliphatic rings. The average molecular weight is 231 g/mol. The van der Waals surface area contributed by atoms with E-state index in [9.17, 15) is 5.11 Å². The van der Waals surface area contributed by atoms with E-state index in [4.69, 9.17) is 11.6 Å². The fraction of sp³-hybridized carbons (Fsp3) is 0.636. The summed E-state index contributed by atoms with van der Waals surface area (Å²) in [5, 5.41) is 10.7. The van der Waals surface area contributed by atoms with Crippen molar-refractivity contribution >= 4 is 22.9 Å². The lowest BCUT2D eigenvalue weighted by atomic mass is 9.77. The zero-order chi connectivity index (χ0) is 10.4. The first-order valence-electron chi connectivity index (χ1n) is 4.94. The van der Waals surface area contributed by atoms with Crippen LogP contribution >= 0.6 is 22.9 Å². The summed E-state index contributed by atoms with van der Waals surface area (Å²) in [6.45, 7) is 4.27. The second-order valence-electron chi connectivity index (χ2n) is 4.70. The van der Waals surface area contributed by atoms with Crippen LogP contribution in [0, 0.1) is 5.41 Å². The zero-order valence-corrected chi connectivity index (χ0v) is 10.1. The zero-order valence-electron chi connectivity index (χ0n) is 8.51. The quantitative estimate of drug-likeness (QED) is 0.778. The molecular formula is C11H15ClOS. The number of aliphatic hydroxyl groups is 1. The summed E-state index contributed by atoms with van der Waals surface area (Å²) < 4.78 is 0.760. The molecule has 1 saturated carbocycles. The number of hydrogen-bond donors (Lipinski definition) is 1. The molecule has 0 radical (unpaired) electrons. The summed E-state index contributed by atoms with van der Waals surface area (Å²) in [7, 11) is 0. The smallest absolute Gasteiger partial charge is 0.104 e. The monoisotopic (exact) mass is 230 g/mol. The molecule has 78 valence electrons. The molecule has 0 spiro atoms. The van der Waals surface area contributed by atoms with Gasteiger partial charge in [-0.05, 0) is 36.8 Å². The summed E-state index contributed by atoms with van der Waals surface area (Å²) in [4.78, 5) is 1.02. The van der Waals surface area contributed by atoms with Crippen LogP contribution < -0.4 is 0 Å². The topological polar surface area (TPSA) is 20.2 Å². The SMILES string of the molecule is CC1(C)CCCC1(O)c1ccc(Cl)s1. The lowest BCUT2D eigenvalue weighted by Gasteiger charge is -2.35. The van der Waals surface area contributed by atoms with Crippen molar-refractivity contribution in [2.45, 2.75) is 38.7 Å². The molecule has 2 rings (SSSR count). The van der Waals surface area contributed by atoms with Crippen LogP contribution in [-0.2, 0) is 5.60 Å². The minimum absolute atomic E-state index is 0.0266. The first kappa shape index (κ1) is 10.5. The standard InChI is InChI=1S/C11H15ClOS/c1-10(2)6-3-7-11(10,13)8-4-5-9(12)14-8/h4-5,13H,3,6-7H2,1-2H3. The van der Waals surface area contributed by atoms with Gasteiger partial charge in [-0.2, -0.15) is 0 Å². The van der Waals surface area contributed by atoms with Gasteiger partial charge in [0.05, 0.1) is 4.34 Å². The van der Waals surface area contributed by atoms with Crippen molar-refractivity contribution in [3.63, 3.8) is 0 Å². The predicted octanol–water partition coefficient (Wildman–Crippen LogP) is 3.80. The highest BCUT2D eigenvalue weighted by atomic mass is 35.5. The largest absolute Gasteiger partial charge is 0.384 e. The van der Waals surface area contributed by atoms with Crippen molar-refractivity contribution in [1.82, 2.24) is 0 Å². The van der Waals surface area contributed by atoms with Crippen molar-refractivity contribution in [3.8, 4) is 0 Å². The Morgan fingerprint density at radius 1 is 1.36 bits per heavy atom. The molecule has 1 N–H and O–H groups in total. The molecule has 0 aromatic carbocycles. The van der Waals surface area contributed by atoms with Gasteiger partial charge in [-0.25, -0.2) is 0 Å². The molecule has 0 aliphatic heterocycles. The Bertz CT molecular complexity index is 345. The Balaban J connectivity index is 2.41. The van der Waals surface area contributed by atoms with Crippen molar-refractivity contribution in [3.05, 3.63) is 21.3 Å². The predicted molar refractivity (Wildman–Crippen MR) is 60.9 cm³/mol. The molecule has 1 aromatic rings. The van der Waals surface area contributed by atoms with Crippen LogP contribution in [0.3, 0.4) is 0 Å². The second kappa shape index (κ2) is 3.22. The Morgan fingerprint density at radius 2 is 2.07 bits per heavy atom. The van der Waals surface area contributed by atoms with Crippen LogP contribution in [0.25, 0.3) is 0 Å². The van der Waals surface area contributed by atoms with Gasteiger partial charge < -0.3 is 5.11 Å². The molecule has 1 aliphatic carbocycles. The summed E-state index contributed by atoms with van der Waals surface area (Å²) in [6, 6.07) is 3.83. The molecule has 1 fully saturated rings. The second-order valence-corrected chi connectivity index (χ2v) is 6.42. The molecule has 1 aromatic heterocycles. The van der Waals surface area contributed by atoms with Gasteiger partial charge in [0.1, 0.15) is 5.60 Å². The summed E-state index contributed by atoms with van der Waals surface area (Å²) in [5.74, 6) is 0. The maximum absolute atomic E-state index is 10.7. The van der Waals surface area contributed by atoms with Crippen molar-refractivity contribution in [2.75, 3.05) is 0 Å². The molecule has 0 amide bonds. The minimum atomic E-state index is -0.662. The van der Waals surface area contributed by atoms with Crippen molar-refractivity contribution < 1.29 is 5.11 Å². The van der Waals surface area contributed by atoms with E-state index in [2.05, 4.69) is 13.8 Å². The van der Waals surface area contributed by atoms with E-state index in [0.29, 0.717) is 0 Å². The lowest BCUT2D eigenvalue weighted by molar-refractivity contribution is -0.0452. The number of thiophene rings is 1. The first-order chi connectivity index (χ1) is 6.46. The van der Waals surface area contributed by atoms with Crippen LogP contribution in [-0.4, -0.2) is 5.11 Å². The van der Waals surface area contributed by atoms with Crippen LogP contribution in [0.5, 0.6) is 0 Å². The van der Waals surface area contributed by atoms with Gasteiger partial charge >= 0.3 is 0 Å². The Labute approximate surface area is 93.7 Å². The van der Waals surface area contributed by atoms with Crippen LogP contribution in [0.15, 0.2) is 12.1 Å². The highest BCUT2D eigenvalue weighted by Gasteiger charge is 2.49. The van der Waals surface area contributed by atoms with Gasteiger partial charge in [-0.15, -0.1) is 11.3 Å². The molecule has 0 bridgehead atoms. The lowest BCUT2D eigenvalue weighted by Crippen LogP contribution is -2.35. The van der Waals surface area contributed by atoms with Gasteiger partial charge in [0.15, 0.2) is 0 Å². The van der Waals surface area contributed by atoms with Crippen molar-refractivity contribution in [2.24, 2.45) is 5.41 Å². The van der Waals surface area contributed by atoms with Gasteiger partial charge in [0.25, 0.3) is 0 Å². The number of halogens is 1. The van der Waals surface area contributed by atoms with E-state index in [-0.39, 0.29) is 5.41 Å². The maximum atomic E-state index is 10.7. The maximum Gasteiger partial charge on any atom is 0.104 e. The fourth-order valence-electron chi connectivity index (χ4n) is 2.32. The van der Waals surface area contributed by atoms with Gasteiger partial charge in [0, 0.05) is 4.88 Å². The third-order valence-electron chi connectivity index (χ3n) is 3.44. The normalized spacial score (nSPS) is 30.9. The highest BCUT2D eigenvalue weighted by Crippen LogP contribution is 2.53. The van der Waals surface area contributed by atoms with E-state index >= 15 is 0 Å². The van der Waals surface area contributed by atoms with E-state index in [1.807, 2.05) is 12.1 Å². The van der Waals surface area contributed by atoms with Crippen LogP contribution in [0.2, 0.25) is 4.34 Å². The molecule has 14 heavy (non-hydrogen) atoms. The minimum Gasteiger partial charge on any atom is -0.384 e. The fourth-order valence-corrected chi connectivity index (χ4v) is 3.67. The van der Waals surface area contributed by atoms with Gasteiger partial charge in [0.2, 0.25) is 0 Å². The van der Waals surface area contributed by atoms with Gasteiger partial charge in [-0.3, -0.25) is 0 Å². The molecule has 1 nitrogen and oxygen atoms in total. The third kappa shape index (κ3) is 1.40. The van der Waals surface area contributed by atoms with E-state index in [0.717, 1.165) is 28.5 Å². The molecule has 1 atom stereocenters. The van der Waals surface area contributed by atoms with Crippen LogP contribution in [0.4, 0.5) is 0 Å². The van der Waals surface area contributed by atoms with E-state index in [1.54, 1.807) is 0 Å². The van der Waals surface area contributed by atoms with E-state index < -0.39 is 5.60 Å². The molecular weight excluding hydrogens is 216 g/mol. The first-order valence-corrected chi connectivity index (χ1v) is 6.13. The van der Waals surface area contributed by atoms with Crippen LogP contribution in [0.1, 0.15) is 38.0 Å². The summed E-state index contributed by atoms with van der Waals surface area (Å²) in [5.41, 5.74) is -0.689. The Hall–Kier alpha value is -0.0500. The molecule has 1 heterocycles. The number of rotatable bonds is 1. The highest BCUT2D eigenvalue weighted by molar-refractivity contribution is 7.16. The Kier molecular flexibility index (Phi) is 2.41. The summed E-state index contributed by atoms with van der Waals surface area (Å²) >= 11 is 7.40. The third-order valence-corrected chi connectivity index (χ3v) is 4.82. The molecule has 0 saturated heterocycles. The van der Waals surface area contributed by atoms with E-state index in [1.165, 1.54) is 11.3 Å².